The van der Waals surface area contributed by atoms with Crippen molar-refractivity contribution >= 4 is 5.91 Å². The lowest BCUT2D eigenvalue weighted by molar-refractivity contribution is -0.122. The van der Waals surface area contributed by atoms with Crippen LogP contribution in [-0.4, -0.2) is 55.7 Å². The Labute approximate surface area is 96.3 Å². The molecule has 3 N–H and O–H groups in total. The van der Waals surface area contributed by atoms with Gasteiger partial charge in [0.2, 0.25) is 5.91 Å². The molecule has 1 atom stereocenters. The normalized spacial score (nSPS) is 24.1. The first-order valence-electron chi connectivity index (χ1n) is 6.11. The van der Waals surface area contributed by atoms with Gasteiger partial charge >= 0.3 is 0 Å². The predicted molar refractivity (Wildman–Crippen MR) is 61.0 cm³/mol. The first kappa shape index (κ1) is 11.8. The maximum atomic E-state index is 11.7. The van der Waals surface area contributed by atoms with Crippen LogP contribution in [0.15, 0.2) is 0 Å². The monoisotopic (exact) mass is 227 g/mol. The van der Waals surface area contributed by atoms with Crippen LogP contribution in [0.1, 0.15) is 19.3 Å². The summed E-state index contributed by atoms with van der Waals surface area (Å²) in [6.07, 6.45) is 2.79. The zero-order chi connectivity index (χ0) is 11.4. The smallest absolute Gasteiger partial charge is 0.221 e. The van der Waals surface area contributed by atoms with Gasteiger partial charge in [-0.15, -0.1) is 0 Å². The zero-order valence-electron chi connectivity index (χ0n) is 9.65. The van der Waals surface area contributed by atoms with Gasteiger partial charge in [0.25, 0.3) is 0 Å². The summed E-state index contributed by atoms with van der Waals surface area (Å²) in [6, 6.07) is 0.610. The molecule has 1 aliphatic carbocycles. The second kappa shape index (κ2) is 5.61. The van der Waals surface area contributed by atoms with E-state index in [-0.39, 0.29) is 11.9 Å². The van der Waals surface area contributed by atoms with Crippen LogP contribution in [0.3, 0.4) is 0 Å². The average molecular weight is 227 g/mol. The lowest BCUT2D eigenvalue weighted by atomic mass is 10.1. The third-order valence-electron chi connectivity index (χ3n) is 3.20. The van der Waals surface area contributed by atoms with Crippen molar-refractivity contribution in [1.29, 1.82) is 0 Å². The van der Waals surface area contributed by atoms with Gasteiger partial charge in [0.05, 0.1) is 13.2 Å². The highest BCUT2D eigenvalue weighted by Crippen LogP contribution is 2.19. The fraction of sp³-hybridized carbons (Fsp3) is 0.909. The van der Waals surface area contributed by atoms with Crippen molar-refractivity contribution in [2.45, 2.75) is 31.3 Å². The number of amides is 1. The molecule has 0 spiro atoms. The molecule has 0 radical (unpaired) electrons. The number of nitrogens with zero attached hydrogens (tertiary/aromatic N) is 1. The molecule has 92 valence electrons. The highest BCUT2D eigenvalue weighted by molar-refractivity contribution is 5.77. The summed E-state index contributed by atoms with van der Waals surface area (Å²) in [7, 11) is 0. The number of carbonyl (C=O) groups excluding carboxylic acids is 1. The molecule has 16 heavy (non-hydrogen) atoms. The van der Waals surface area contributed by atoms with Crippen LogP contribution < -0.4 is 11.1 Å². The zero-order valence-corrected chi connectivity index (χ0v) is 9.65. The van der Waals surface area contributed by atoms with E-state index in [0.29, 0.717) is 19.0 Å². The van der Waals surface area contributed by atoms with Gasteiger partial charge in [-0.25, -0.2) is 0 Å². The second-order valence-electron chi connectivity index (χ2n) is 4.58. The molecule has 2 rings (SSSR count). The minimum absolute atomic E-state index is 0.143. The number of hydrogen-bond acceptors (Lipinski definition) is 4. The largest absolute Gasteiger partial charge is 0.379 e. The van der Waals surface area contributed by atoms with Crippen LogP contribution >= 0.6 is 0 Å². The maximum Gasteiger partial charge on any atom is 0.221 e. The third kappa shape index (κ3) is 3.43. The molecule has 0 aromatic heterocycles. The average Bonchev–Trinajstić information content (AvgIpc) is 3.11. The molecule has 5 heteroatoms. The fourth-order valence-corrected chi connectivity index (χ4v) is 2.03. The Morgan fingerprint density at radius 2 is 2.12 bits per heavy atom. The molecule has 1 aliphatic heterocycles. The molecular formula is C11H21N3O2. The topological polar surface area (TPSA) is 67.6 Å². The first-order chi connectivity index (χ1) is 7.79. The van der Waals surface area contributed by atoms with Gasteiger partial charge in [-0.3, -0.25) is 9.69 Å². The number of nitrogens with two attached hydrogens (primary N) is 1. The fourth-order valence-electron chi connectivity index (χ4n) is 2.03. The molecule has 2 fully saturated rings. The lowest BCUT2D eigenvalue weighted by Crippen LogP contribution is -2.49. The van der Waals surface area contributed by atoms with E-state index in [1.165, 1.54) is 0 Å². The molecule has 1 amide bonds. The number of rotatable bonds is 5. The second-order valence-corrected chi connectivity index (χ2v) is 4.58. The van der Waals surface area contributed by atoms with Gasteiger partial charge < -0.3 is 15.8 Å². The summed E-state index contributed by atoms with van der Waals surface area (Å²) >= 11 is 0. The lowest BCUT2D eigenvalue weighted by Gasteiger charge is -2.33. The van der Waals surface area contributed by atoms with E-state index in [4.69, 9.17) is 10.5 Å². The van der Waals surface area contributed by atoms with Crippen LogP contribution in [0.2, 0.25) is 0 Å². The standard InChI is InChI=1S/C11H21N3O2/c12-8-10(14-3-5-16-6-4-14)7-11(15)13-9-1-2-9/h9-10H,1-8,12H2,(H,13,15). The van der Waals surface area contributed by atoms with Crippen molar-refractivity contribution in [3.8, 4) is 0 Å². The molecule has 5 nitrogen and oxygen atoms in total. The Bertz CT molecular complexity index is 237. The van der Waals surface area contributed by atoms with E-state index in [1.807, 2.05) is 0 Å². The summed E-state index contributed by atoms with van der Waals surface area (Å²) in [4.78, 5) is 13.9. The first-order valence-corrected chi connectivity index (χ1v) is 6.11. The highest BCUT2D eigenvalue weighted by atomic mass is 16.5. The van der Waals surface area contributed by atoms with Gasteiger partial charge in [0.15, 0.2) is 0 Å². The van der Waals surface area contributed by atoms with Gasteiger partial charge in [0, 0.05) is 38.1 Å². The van der Waals surface area contributed by atoms with Crippen molar-refractivity contribution in [2.24, 2.45) is 5.73 Å². The van der Waals surface area contributed by atoms with Crippen LogP contribution in [0.25, 0.3) is 0 Å². The van der Waals surface area contributed by atoms with E-state index in [0.717, 1.165) is 39.1 Å². The molecule has 1 unspecified atom stereocenters. The SMILES string of the molecule is NCC(CC(=O)NC1CC1)N1CCOCC1. The summed E-state index contributed by atoms with van der Waals surface area (Å²) < 4.78 is 5.29. The molecule has 2 aliphatic rings. The molecule has 1 saturated heterocycles. The van der Waals surface area contributed by atoms with Crippen LogP contribution in [0.5, 0.6) is 0 Å². The Morgan fingerprint density at radius 3 is 2.69 bits per heavy atom. The van der Waals surface area contributed by atoms with Crippen molar-refractivity contribution < 1.29 is 9.53 Å². The van der Waals surface area contributed by atoms with Gasteiger partial charge in [-0.2, -0.15) is 0 Å². The number of hydrogen-bond donors (Lipinski definition) is 2. The molecule has 1 saturated carbocycles. The molecule has 0 aromatic carbocycles. The van der Waals surface area contributed by atoms with E-state index in [9.17, 15) is 4.79 Å². The van der Waals surface area contributed by atoms with Gasteiger partial charge in [0.1, 0.15) is 0 Å². The van der Waals surface area contributed by atoms with Crippen molar-refractivity contribution in [1.82, 2.24) is 10.2 Å². The highest BCUT2D eigenvalue weighted by Gasteiger charge is 2.26. The number of ether oxygens (including phenoxy) is 1. The van der Waals surface area contributed by atoms with E-state index < -0.39 is 0 Å². The predicted octanol–water partition coefficient (Wildman–Crippen LogP) is -0.685. The van der Waals surface area contributed by atoms with Gasteiger partial charge in [-0.05, 0) is 12.8 Å². The van der Waals surface area contributed by atoms with Crippen LogP contribution in [0, 0.1) is 0 Å². The molecule has 1 heterocycles. The quantitative estimate of drug-likeness (QED) is 0.652. The Morgan fingerprint density at radius 1 is 1.44 bits per heavy atom. The minimum Gasteiger partial charge on any atom is -0.379 e. The molecular weight excluding hydrogens is 206 g/mol. The van der Waals surface area contributed by atoms with Crippen molar-refractivity contribution in [3.05, 3.63) is 0 Å². The summed E-state index contributed by atoms with van der Waals surface area (Å²) in [5, 5.41) is 3.01. The minimum atomic E-state index is 0.143. The summed E-state index contributed by atoms with van der Waals surface area (Å²) in [5.74, 6) is 0.143. The number of nitrogens with one attached hydrogen (secondary N) is 1. The van der Waals surface area contributed by atoms with Crippen molar-refractivity contribution in [3.63, 3.8) is 0 Å². The number of morpholine rings is 1. The Balaban J connectivity index is 1.76. The van der Waals surface area contributed by atoms with E-state index >= 15 is 0 Å². The Kier molecular flexibility index (Phi) is 4.15. The molecule has 0 aromatic rings. The van der Waals surface area contributed by atoms with Crippen LogP contribution in [0.4, 0.5) is 0 Å². The number of carbonyl (C=O) groups is 1. The molecule has 0 bridgehead atoms. The Hall–Kier alpha value is -0.650. The third-order valence-corrected chi connectivity index (χ3v) is 3.20. The maximum absolute atomic E-state index is 11.7. The van der Waals surface area contributed by atoms with Gasteiger partial charge in [-0.1, -0.05) is 0 Å². The van der Waals surface area contributed by atoms with Crippen molar-refractivity contribution in [2.75, 3.05) is 32.8 Å². The van der Waals surface area contributed by atoms with E-state index in [1.54, 1.807) is 0 Å². The summed E-state index contributed by atoms with van der Waals surface area (Å²) in [5.41, 5.74) is 5.74. The van der Waals surface area contributed by atoms with E-state index in [2.05, 4.69) is 10.2 Å². The summed E-state index contributed by atoms with van der Waals surface area (Å²) in [6.45, 7) is 3.82. The van der Waals surface area contributed by atoms with Crippen LogP contribution in [-0.2, 0) is 9.53 Å².